The van der Waals surface area contributed by atoms with Crippen molar-refractivity contribution in [3.8, 4) is 0 Å². The highest BCUT2D eigenvalue weighted by Crippen LogP contribution is 2.34. The lowest BCUT2D eigenvalue weighted by atomic mass is 9.83. The Labute approximate surface area is 177 Å². The molecule has 1 N–H and O–H groups in total. The van der Waals surface area contributed by atoms with Gasteiger partial charge >= 0.3 is 12.0 Å². The van der Waals surface area contributed by atoms with Crippen LogP contribution in [-0.4, -0.2) is 55.6 Å². The molecule has 3 aliphatic rings. The summed E-state index contributed by atoms with van der Waals surface area (Å²) in [6, 6.07) is 5.94. The van der Waals surface area contributed by atoms with Gasteiger partial charge in [0.05, 0.1) is 7.11 Å². The van der Waals surface area contributed by atoms with Crippen molar-refractivity contribution in [2.75, 3.05) is 31.6 Å². The van der Waals surface area contributed by atoms with Crippen molar-refractivity contribution in [3.05, 3.63) is 29.3 Å². The standard InChI is InChI=1S/C23H31N3O4/c1-30-22(28)9-4-16-2-6-19(7-3-16)26-21(27)15-25(23(26)29)20-8-5-17-10-12-24-13-11-18(17)14-20/h5,8,14,16,19,24H,2-4,6-7,9-13,15H2,1H3. The van der Waals surface area contributed by atoms with Gasteiger partial charge in [0.15, 0.2) is 0 Å². The first kappa shape index (κ1) is 20.8. The maximum Gasteiger partial charge on any atom is 0.331 e. The second-order valence-corrected chi connectivity index (χ2v) is 8.62. The van der Waals surface area contributed by atoms with Gasteiger partial charge in [-0.25, -0.2) is 4.79 Å². The molecular formula is C23H31N3O4. The van der Waals surface area contributed by atoms with Crippen LogP contribution < -0.4 is 10.2 Å². The van der Waals surface area contributed by atoms with Crippen molar-refractivity contribution in [1.29, 1.82) is 0 Å². The largest absolute Gasteiger partial charge is 0.469 e. The van der Waals surface area contributed by atoms with E-state index in [0.717, 1.165) is 63.7 Å². The number of nitrogens with zero attached hydrogens (tertiary/aromatic N) is 2. The molecule has 162 valence electrons. The summed E-state index contributed by atoms with van der Waals surface area (Å²) in [6.45, 7) is 2.04. The first-order chi connectivity index (χ1) is 14.6. The Morgan fingerprint density at radius 3 is 2.57 bits per heavy atom. The Balaban J connectivity index is 1.39. The van der Waals surface area contributed by atoms with Gasteiger partial charge in [-0.1, -0.05) is 6.07 Å². The molecule has 0 radical (unpaired) electrons. The molecule has 2 aliphatic heterocycles. The smallest absolute Gasteiger partial charge is 0.331 e. The zero-order valence-electron chi connectivity index (χ0n) is 17.7. The molecule has 1 aromatic carbocycles. The number of esters is 1. The highest BCUT2D eigenvalue weighted by Gasteiger charge is 2.42. The number of carbonyl (C=O) groups excluding carboxylic acids is 3. The monoisotopic (exact) mass is 413 g/mol. The Kier molecular flexibility index (Phi) is 6.37. The highest BCUT2D eigenvalue weighted by molar-refractivity contribution is 6.12. The third kappa shape index (κ3) is 4.36. The molecule has 0 bridgehead atoms. The Morgan fingerprint density at radius 2 is 1.83 bits per heavy atom. The van der Waals surface area contributed by atoms with E-state index in [2.05, 4.69) is 17.4 Å². The normalized spacial score (nSPS) is 24.6. The van der Waals surface area contributed by atoms with E-state index in [1.165, 1.54) is 23.1 Å². The highest BCUT2D eigenvalue weighted by atomic mass is 16.5. The molecular weight excluding hydrogens is 382 g/mol. The molecule has 1 saturated carbocycles. The van der Waals surface area contributed by atoms with Crippen LogP contribution in [0.4, 0.5) is 10.5 Å². The number of hydrogen-bond donors (Lipinski definition) is 1. The number of fused-ring (bicyclic) bond motifs is 1. The number of carbonyl (C=O) groups is 3. The van der Waals surface area contributed by atoms with Crippen molar-refractivity contribution < 1.29 is 19.1 Å². The third-order valence-electron chi connectivity index (χ3n) is 6.81. The molecule has 7 heteroatoms. The third-order valence-corrected chi connectivity index (χ3v) is 6.81. The number of amides is 3. The molecule has 1 saturated heterocycles. The van der Waals surface area contributed by atoms with Gasteiger partial charge in [0.1, 0.15) is 6.54 Å². The number of ether oxygens (including phenoxy) is 1. The number of imide groups is 1. The fourth-order valence-electron chi connectivity index (χ4n) is 5.02. The summed E-state index contributed by atoms with van der Waals surface area (Å²) >= 11 is 0. The lowest BCUT2D eigenvalue weighted by molar-refractivity contribution is -0.141. The van der Waals surface area contributed by atoms with Crippen molar-refractivity contribution in [3.63, 3.8) is 0 Å². The predicted molar refractivity (Wildman–Crippen MR) is 113 cm³/mol. The minimum Gasteiger partial charge on any atom is -0.469 e. The van der Waals surface area contributed by atoms with Crippen LogP contribution in [0, 0.1) is 5.92 Å². The van der Waals surface area contributed by atoms with E-state index in [4.69, 9.17) is 4.74 Å². The van der Waals surface area contributed by atoms with E-state index in [9.17, 15) is 14.4 Å². The summed E-state index contributed by atoms with van der Waals surface area (Å²) < 4.78 is 4.72. The van der Waals surface area contributed by atoms with Gasteiger partial charge < -0.3 is 10.1 Å². The SMILES string of the molecule is COC(=O)CCC1CCC(N2C(=O)CN(c3ccc4c(c3)CCNCC4)C2=O)CC1. The molecule has 0 atom stereocenters. The van der Waals surface area contributed by atoms with Gasteiger partial charge in [-0.15, -0.1) is 0 Å². The number of anilines is 1. The van der Waals surface area contributed by atoms with E-state index in [0.29, 0.717) is 12.3 Å². The summed E-state index contributed by atoms with van der Waals surface area (Å²) in [5, 5.41) is 3.40. The fourth-order valence-corrected chi connectivity index (χ4v) is 5.02. The molecule has 1 aliphatic carbocycles. The maximum absolute atomic E-state index is 13.1. The lowest BCUT2D eigenvalue weighted by Crippen LogP contribution is -2.43. The summed E-state index contributed by atoms with van der Waals surface area (Å²) in [4.78, 5) is 40.4. The van der Waals surface area contributed by atoms with Crippen molar-refractivity contribution in [1.82, 2.24) is 10.2 Å². The first-order valence-electron chi connectivity index (χ1n) is 11.1. The van der Waals surface area contributed by atoms with Crippen molar-refractivity contribution in [2.24, 2.45) is 5.92 Å². The van der Waals surface area contributed by atoms with Gasteiger partial charge in [0, 0.05) is 18.2 Å². The van der Waals surface area contributed by atoms with Crippen molar-refractivity contribution >= 4 is 23.6 Å². The van der Waals surface area contributed by atoms with Crippen molar-refractivity contribution in [2.45, 2.75) is 57.4 Å². The van der Waals surface area contributed by atoms with Crippen LogP contribution in [0.5, 0.6) is 0 Å². The van der Waals surface area contributed by atoms with Gasteiger partial charge in [0.25, 0.3) is 5.91 Å². The molecule has 4 rings (SSSR count). The van der Waals surface area contributed by atoms with Gasteiger partial charge in [-0.3, -0.25) is 19.4 Å². The second kappa shape index (κ2) is 9.16. The molecule has 3 amide bonds. The molecule has 0 aromatic heterocycles. The average molecular weight is 414 g/mol. The quantitative estimate of drug-likeness (QED) is 0.593. The number of urea groups is 1. The fraction of sp³-hybridized carbons (Fsp3) is 0.609. The van der Waals surface area contributed by atoms with E-state index >= 15 is 0 Å². The molecule has 7 nitrogen and oxygen atoms in total. The number of rotatable bonds is 5. The number of methoxy groups -OCH3 is 1. The zero-order valence-corrected chi connectivity index (χ0v) is 17.7. The van der Waals surface area contributed by atoms with Crippen LogP contribution in [0.2, 0.25) is 0 Å². The van der Waals surface area contributed by atoms with Crippen LogP contribution in [0.1, 0.15) is 49.7 Å². The molecule has 0 unspecified atom stereocenters. The molecule has 0 spiro atoms. The zero-order chi connectivity index (χ0) is 21.1. The van der Waals surface area contributed by atoms with Gasteiger partial charge in [-0.2, -0.15) is 0 Å². The summed E-state index contributed by atoms with van der Waals surface area (Å²) in [7, 11) is 1.41. The van der Waals surface area contributed by atoms with Crippen LogP contribution in [-0.2, 0) is 27.2 Å². The number of benzene rings is 1. The van der Waals surface area contributed by atoms with Crippen LogP contribution in [0.3, 0.4) is 0 Å². The van der Waals surface area contributed by atoms with Crippen LogP contribution in [0.15, 0.2) is 18.2 Å². The summed E-state index contributed by atoms with van der Waals surface area (Å²) in [5.41, 5.74) is 3.41. The minimum absolute atomic E-state index is 0.0330. The van der Waals surface area contributed by atoms with E-state index in [1.807, 2.05) is 6.07 Å². The molecule has 2 fully saturated rings. The summed E-state index contributed by atoms with van der Waals surface area (Å²) in [6.07, 6.45) is 6.69. The Bertz CT molecular complexity index is 817. The van der Waals surface area contributed by atoms with Crippen LogP contribution >= 0.6 is 0 Å². The average Bonchev–Trinajstić information content (AvgIpc) is 2.93. The topological polar surface area (TPSA) is 79.0 Å². The number of hydrogen-bond acceptors (Lipinski definition) is 5. The van der Waals surface area contributed by atoms with E-state index < -0.39 is 0 Å². The Hall–Kier alpha value is -2.41. The lowest BCUT2D eigenvalue weighted by Gasteiger charge is -2.33. The van der Waals surface area contributed by atoms with Gasteiger partial charge in [0.2, 0.25) is 0 Å². The molecule has 2 heterocycles. The molecule has 30 heavy (non-hydrogen) atoms. The van der Waals surface area contributed by atoms with E-state index in [-0.39, 0.29) is 30.5 Å². The summed E-state index contributed by atoms with van der Waals surface area (Å²) in [5.74, 6) is 0.186. The van der Waals surface area contributed by atoms with Gasteiger partial charge in [-0.05, 0) is 87.2 Å². The first-order valence-corrected chi connectivity index (χ1v) is 11.1. The number of nitrogens with one attached hydrogen (secondary N) is 1. The van der Waals surface area contributed by atoms with E-state index in [1.54, 1.807) is 4.90 Å². The maximum atomic E-state index is 13.1. The second-order valence-electron chi connectivity index (χ2n) is 8.62. The minimum atomic E-state index is -0.190. The predicted octanol–water partition coefficient (Wildman–Crippen LogP) is 2.66. The Morgan fingerprint density at radius 1 is 1.10 bits per heavy atom. The molecule has 1 aromatic rings. The van der Waals surface area contributed by atoms with Crippen LogP contribution in [0.25, 0.3) is 0 Å².